The number of carbonyl (C=O) groups excluding carboxylic acids is 1. The summed E-state index contributed by atoms with van der Waals surface area (Å²) in [4.78, 5) is 28.2. The van der Waals surface area contributed by atoms with Gasteiger partial charge in [-0.05, 0) is 12.5 Å². The van der Waals surface area contributed by atoms with E-state index in [0.29, 0.717) is 28.6 Å². The second kappa shape index (κ2) is 6.20. The molecule has 0 bridgehead atoms. The van der Waals surface area contributed by atoms with Crippen molar-refractivity contribution >= 4 is 34.7 Å². The summed E-state index contributed by atoms with van der Waals surface area (Å²) < 4.78 is 1.67. The number of thioether (sulfide) groups is 1. The van der Waals surface area contributed by atoms with Crippen LogP contribution in [0, 0.1) is 6.92 Å². The van der Waals surface area contributed by atoms with Crippen LogP contribution in [0.2, 0.25) is 0 Å². The van der Waals surface area contributed by atoms with E-state index in [9.17, 15) is 4.79 Å². The van der Waals surface area contributed by atoms with E-state index in [-0.39, 0.29) is 11.2 Å². The van der Waals surface area contributed by atoms with E-state index in [4.69, 9.17) is 5.10 Å². The molecule has 27 heavy (non-hydrogen) atoms. The van der Waals surface area contributed by atoms with E-state index in [0.717, 1.165) is 16.8 Å². The summed E-state index contributed by atoms with van der Waals surface area (Å²) in [5.74, 6) is 1.51. The van der Waals surface area contributed by atoms with Crippen molar-refractivity contribution in [3.63, 3.8) is 0 Å². The molecule has 1 aliphatic heterocycles. The molecule has 8 nitrogen and oxygen atoms in total. The minimum absolute atomic E-state index is 0.00740. The van der Waals surface area contributed by atoms with Gasteiger partial charge < -0.3 is 10.3 Å². The highest BCUT2D eigenvalue weighted by Crippen LogP contribution is 2.43. The zero-order valence-electron chi connectivity index (χ0n) is 14.4. The second-order valence-corrected chi connectivity index (χ2v) is 7.30. The van der Waals surface area contributed by atoms with Gasteiger partial charge in [0.2, 0.25) is 5.91 Å². The molecular formula is C18H15N7OS. The molecule has 1 atom stereocenters. The summed E-state index contributed by atoms with van der Waals surface area (Å²) in [5.41, 5.74) is 4.20. The number of carbonyl (C=O) groups is 1. The topological polar surface area (TPSA) is 101 Å². The van der Waals surface area contributed by atoms with Gasteiger partial charge in [0.1, 0.15) is 17.7 Å². The van der Waals surface area contributed by atoms with Crippen LogP contribution < -0.4 is 5.32 Å². The molecule has 4 aromatic rings. The second-order valence-electron chi connectivity index (χ2n) is 6.21. The molecule has 1 aliphatic rings. The lowest BCUT2D eigenvalue weighted by Crippen LogP contribution is -2.16. The minimum Gasteiger partial charge on any atom is -0.340 e. The van der Waals surface area contributed by atoms with Crippen molar-refractivity contribution in [1.29, 1.82) is 0 Å². The first-order chi connectivity index (χ1) is 13.2. The maximum absolute atomic E-state index is 12.4. The predicted molar refractivity (Wildman–Crippen MR) is 103 cm³/mol. The molecule has 2 N–H and O–H groups in total. The number of aromatic amines is 1. The molecule has 5 rings (SSSR count). The first-order valence-electron chi connectivity index (χ1n) is 8.43. The van der Waals surface area contributed by atoms with Gasteiger partial charge in [0.05, 0.1) is 23.0 Å². The number of imidazole rings is 1. The van der Waals surface area contributed by atoms with Crippen LogP contribution in [-0.4, -0.2) is 41.4 Å². The van der Waals surface area contributed by atoms with Crippen molar-refractivity contribution in [2.75, 3.05) is 11.1 Å². The number of anilines is 1. The van der Waals surface area contributed by atoms with Gasteiger partial charge in [-0.3, -0.25) is 4.79 Å². The Balaban J connectivity index is 1.75. The number of rotatable bonds is 2. The fraction of sp³-hybridized carbons (Fsp3) is 0.167. The summed E-state index contributed by atoms with van der Waals surface area (Å²) in [6.45, 7) is 1.95. The first kappa shape index (κ1) is 16.0. The minimum atomic E-state index is -0.0595. The fourth-order valence-corrected chi connectivity index (χ4v) is 4.53. The zero-order valence-corrected chi connectivity index (χ0v) is 15.2. The predicted octanol–water partition coefficient (Wildman–Crippen LogP) is 2.62. The number of hydrogen-bond donors (Lipinski definition) is 2. The molecule has 1 amide bonds. The van der Waals surface area contributed by atoms with E-state index in [1.165, 1.54) is 6.33 Å². The van der Waals surface area contributed by atoms with Crippen molar-refractivity contribution in [1.82, 2.24) is 29.7 Å². The van der Waals surface area contributed by atoms with E-state index in [1.54, 1.807) is 22.8 Å². The summed E-state index contributed by atoms with van der Waals surface area (Å²) >= 11 is 1.60. The molecular weight excluding hydrogens is 362 g/mol. The van der Waals surface area contributed by atoms with Crippen LogP contribution in [0.25, 0.3) is 17.0 Å². The van der Waals surface area contributed by atoms with Gasteiger partial charge >= 0.3 is 0 Å². The largest absolute Gasteiger partial charge is 0.340 e. The monoisotopic (exact) mass is 377 g/mol. The van der Waals surface area contributed by atoms with Crippen LogP contribution in [0.5, 0.6) is 0 Å². The summed E-state index contributed by atoms with van der Waals surface area (Å²) in [5, 5.41) is 7.71. The number of aromatic nitrogens is 6. The smallest absolute Gasteiger partial charge is 0.235 e. The van der Waals surface area contributed by atoms with Gasteiger partial charge in [-0.25, -0.2) is 15.0 Å². The summed E-state index contributed by atoms with van der Waals surface area (Å²) in [7, 11) is 0. The quantitative estimate of drug-likeness (QED) is 0.557. The number of amides is 1. The molecule has 4 heterocycles. The zero-order chi connectivity index (χ0) is 18.4. The van der Waals surface area contributed by atoms with Crippen LogP contribution in [0.1, 0.15) is 22.1 Å². The molecule has 3 aromatic heterocycles. The first-order valence-corrected chi connectivity index (χ1v) is 9.47. The van der Waals surface area contributed by atoms with Crippen LogP contribution in [0.4, 0.5) is 5.82 Å². The maximum atomic E-state index is 12.4. The molecule has 0 saturated heterocycles. The maximum Gasteiger partial charge on any atom is 0.235 e. The Morgan fingerprint density at radius 1 is 1.19 bits per heavy atom. The van der Waals surface area contributed by atoms with E-state index >= 15 is 0 Å². The van der Waals surface area contributed by atoms with Crippen LogP contribution in [-0.2, 0) is 4.79 Å². The van der Waals surface area contributed by atoms with Gasteiger partial charge in [0.25, 0.3) is 0 Å². The van der Waals surface area contributed by atoms with Crippen molar-refractivity contribution < 1.29 is 4.79 Å². The van der Waals surface area contributed by atoms with Gasteiger partial charge in [-0.1, -0.05) is 30.3 Å². The Bertz CT molecular complexity index is 1150. The molecule has 0 radical (unpaired) electrons. The van der Waals surface area contributed by atoms with E-state index in [1.807, 2.05) is 25.1 Å². The lowest BCUT2D eigenvalue weighted by molar-refractivity contribution is -0.113. The normalized spacial score (nSPS) is 16.8. The van der Waals surface area contributed by atoms with Gasteiger partial charge in [0, 0.05) is 5.56 Å². The summed E-state index contributed by atoms with van der Waals surface area (Å²) in [6, 6.07) is 10.2. The van der Waals surface area contributed by atoms with Crippen LogP contribution in [0.15, 0.2) is 43.0 Å². The number of hydrogen-bond acceptors (Lipinski definition) is 6. The van der Waals surface area contributed by atoms with Gasteiger partial charge in [0.15, 0.2) is 11.5 Å². The number of fused-ring (bicyclic) bond motifs is 2. The number of nitrogens with one attached hydrogen (secondary N) is 2. The molecule has 0 spiro atoms. The molecule has 1 aromatic carbocycles. The highest BCUT2D eigenvalue weighted by molar-refractivity contribution is 8.00. The third kappa shape index (κ3) is 2.58. The standard InChI is InChI=1S/C18H15N7OS/c1-10-13-15(11-5-3-2-4-6-11)27-7-12(26)23-17(13)25(24-10)18-14-16(20-8-19-14)21-9-22-18/h2-6,8-9,15H,7H2,1H3,(H,23,26)(H,19,20,21,22). The third-order valence-corrected chi connectivity index (χ3v) is 5.78. The Morgan fingerprint density at radius 3 is 2.89 bits per heavy atom. The van der Waals surface area contributed by atoms with Gasteiger partial charge in [-0.15, -0.1) is 11.8 Å². The lowest BCUT2D eigenvalue weighted by Gasteiger charge is -2.15. The molecule has 0 fully saturated rings. The van der Waals surface area contributed by atoms with Crippen LogP contribution in [0.3, 0.4) is 0 Å². The Morgan fingerprint density at radius 2 is 2.04 bits per heavy atom. The third-order valence-electron chi connectivity index (χ3n) is 4.51. The Hall–Kier alpha value is -3.20. The van der Waals surface area contributed by atoms with Crippen molar-refractivity contribution in [2.45, 2.75) is 12.2 Å². The molecule has 0 saturated carbocycles. The molecule has 134 valence electrons. The molecule has 0 aliphatic carbocycles. The van der Waals surface area contributed by atoms with Crippen molar-refractivity contribution in [2.24, 2.45) is 0 Å². The number of aryl methyl sites for hydroxylation is 1. The summed E-state index contributed by atoms with van der Waals surface area (Å²) in [6.07, 6.45) is 3.02. The van der Waals surface area contributed by atoms with Gasteiger partial charge in [-0.2, -0.15) is 9.78 Å². The lowest BCUT2D eigenvalue weighted by atomic mass is 10.0. The fourth-order valence-electron chi connectivity index (χ4n) is 3.34. The Kier molecular flexibility index (Phi) is 3.68. The average molecular weight is 377 g/mol. The van der Waals surface area contributed by atoms with E-state index < -0.39 is 0 Å². The van der Waals surface area contributed by atoms with Crippen LogP contribution >= 0.6 is 11.8 Å². The van der Waals surface area contributed by atoms with Crippen molar-refractivity contribution in [3.8, 4) is 5.82 Å². The number of nitrogens with zero attached hydrogens (tertiary/aromatic N) is 5. The molecule has 1 unspecified atom stereocenters. The van der Waals surface area contributed by atoms with E-state index in [2.05, 4.69) is 37.4 Å². The molecule has 9 heteroatoms. The Labute approximate surface area is 158 Å². The average Bonchev–Trinajstić information content (AvgIpc) is 3.23. The highest BCUT2D eigenvalue weighted by atomic mass is 32.2. The number of benzene rings is 1. The highest BCUT2D eigenvalue weighted by Gasteiger charge is 2.31. The number of H-pyrrole nitrogens is 1. The van der Waals surface area contributed by atoms with Crippen molar-refractivity contribution in [3.05, 3.63) is 59.8 Å². The SMILES string of the molecule is Cc1nn(-c2ncnc3nc[nH]c23)c2c1C(c1ccccc1)SCC(=O)N2.